The summed E-state index contributed by atoms with van der Waals surface area (Å²) in [4.78, 5) is 12.1. The smallest absolute Gasteiger partial charge is 0.254 e. The first-order chi connectivity index (χ1) is 8.58. The number of alkyl halides is 1. The maximum Gasteiger partial charge on any atom is 0.254 e. The van der Waals surface area contributed by atoms with Gasteiger partial charge in [-0.3, -0.25) is 4.79 Å². The molecule has 0 aliphatic heterocycles. The number of rotatable bonds is 3. The van der Waals surface area contributed by atoms with Crippen LogP contribution in [0, 0.1) is 17.6 Å². The fourth-order valence-electron chi connectivity index (χ4n) is 2.21. The molecule has 1 aliphatic carbocycles. The zero-order valence-corrected chi connectivity index (χ0v) is 11.3. The number of halogens is 3. The number of benzene rings is 1. The Labute approximate surface area is 113 Å². The third-order valence-electron chi connectivity index (χ3n) is 3.26. The Morgan fingerprint density at radius 3 is 2.83 bits per heavy atom. The van der Waals surface area contributed by atoms with Gasteiger partial charge < -0.3 is 5.32 Å². The van der Waals surface area contributed by atoms with Crippen molar-refractivity contribution in [2.75, 3.05) is 6.54 Å². The van der Waals surface area contributed by atoms with E-state index in [0.29, 0.717) is 17.3 Å². The zero-order chi connectivity index (χ0) is 13.1. The van der Waals surface area contributed by atoms with Gasteiger partial charge in [-0.1, -0.05) is 22.4 Å². The monoisotopic (exact) mass is 317 g/mol. The average molecular weight is 318 g/mol. The van der Waals surface area contributed by atoms with Crippen LogP contribution < -0.4 is 5.32 Å². The minimum atomic E-state index is -0.698. The van der Waals surface area contributed by atoms with E-state index in [2.05, 4.69) is 21.2 Å². The summed E-state index contributed by atoms with van der Waals surface area (Å²) in [5.74, 6) is -1.50. The van der Waals surface area contributed by atoms with Crippen LogP contribution in [0.1, 0.15) is 29.6 Å². The fraction of sp³-hybridized carbons (Fsp3) is 0.462. The minimum Gasteiger partial charge on any atom is -0.352 e. The standard InChI is InChI=1S/C13H14BrF2NO/c14-11-3-1-2-8(11)7-17-13(18)10-6-9(15)4-5-12(10)16/h4-6,8,11H,1-3,7H2,(H,17,18). The molecule has 0 spiro atoms. The van der Waals surface area contributed by atoms with Crippen LogP contribution in [0.4, 0.5) is 8.78 Å². The van der Waals surface area contributed by atoms with Crippen molar-refractivity contribution in [3.8, 4) is 0 Å². The highest BCUT2D eigenvalue weighted by molar-refractivity contribution is 9.09. The van der Waals surface area contributed by atoms with E-state index < -0.39 is 17.5 Å². The number of nitrogens with one attached hydrogen (secondary N) is 1. The van der Waals surface area contributed by atoms with Crippen molar-refractivity contribution in [1.29, 1.82) is 0 Å². The second-order valence-electron chi connectivity index (χ2n) is 4.54. The summed E-state index contributed by atoms with van der Waals surface area (Å²) in [6, 6.07) is 2.88. The van der Waals surface area contributed by atoms with Gasteiger partial charge in [0, 0.05) is 11.4 Å². The molecule has 0 radical (unpaired) electrons. The van der Waals surface area contributed by atoms with E-state index in [4.69, 9.17) is 0 Å². The number of amides is 1. The Balaban J connectivity index is 1.97. The van der Waals surface area contributed by atoms with Crippen molar-refractivity contribution in [2.24, 2.45) is 5.92 Å². The van der Waals surface area contributed by atoms with Gasteiger partial charge in [-0.15, -0.1) is 0 Å². The molecule has 2 atom stereocenters. The highest BCUT2D eigenvalue weighted by atomic mass is 79.9. The van der Waals surface area contributed by atoms with Gasteiger partial charge in [0.1, 0.15) is 11.6 Å². The van der Waals surface area contributed by atoms with Crippen LogP contribution >= 0.6 is 15.9 Å². The summed E-state index contributed by atoms with van der Waals surface area (Å²) in [5, 5.41) is 2.66. The van der Waals surface area contributed by atoms with E-state index >= 15 is 0 Å². The first-order valence-electron chi connectivity index (χ1n) is 5.95. The predicted molar refractivity (Wildman–Crippen MR) is 68.7 cm³/mol. The fourth-order valence-corrected chi connectivity index (χ4v) is 2.99. The molecule has 1 amide bonds. The lowest BCUT2D eigenvalue weighted by Gasteiger charge is -2.14. The number of hydrogen-bond donors (Lipinski definition) is 1. The minimum absolute atomic E-state index is 0.237. The largest absolute Gasteiger partial charge is 0.352 e. The Morgan fingerprint density at radius 1 is 1.39 bits per heavy atom. The van der Waals surface area contributed by atoms with Gasteiger partial charge in [-0.05, 0) is 37.0 Å². The topological polar surface area (TPSA) is 29.1 Å². The van der Waals surface area contributed by atoms with Gasteiger partial charge >= 0.3 is 0 Å². The highest BCUT2D eigenvalue weighted by Crippen LogP contribution is 2.30. The molecule has 1 aromatic rings. The summed E-state index contributed by atoms with van der Waals surface area (Å²) in [6.07, 6.45) is 3.27. The van der Waals surface area contributed by atoms with E-state index in [1.807, 2.05) is 0 Å². The van der Waals surface area contributed by atoms with Crippen LogP contribution in [0.5, 0.6) is 0 Å². The summed E-state index contributed by atoms with van der Waals surface area (Å²) >= 11 is 3.55. The van der Waals surface area contributed by atoms with Crippen molar-refractivity contribution in [2.45, 2.75) is 24.1 Å². The van der Waals surface area contributed by atoms with Crippen molar-refractivity contribution in [1.82, 2.24) is 5.32 Å². The van der Waals surface area contributed by atoms with Crippen molar-refractivity contribution >= 4 is 21.8 Å². The normalized spacial score (nSPS) is 23.1. The van der Waals surface area contributed by atoms with Crippen LogP contribution in [-0.2, 0) is 0 Å². The van der Waals surface area contributed by atoms with Crippen molar-refractivity contribution < 1.29 is 13.6 Å². The molecule has 2 rings (SSSR count). The lowest BCUT2D eigenvalue weighted by atomic mass is 10.1. The Kier molecular flexibility index (Phi) is 4.32. The molecule has 1 aliphatic rings. The Hall–Kier alpha value is -0.970. The molecular weight excluding hydrogens is 304 g/mol. The van der Waals surface area contributed by atoms with Crippen LogP contribution in [0.25, 0.3) is 0 Å². The lowest BCUT2D eigenvalue weighted by Crippen LogP contribution is -2.31. The molecule has 1 N–H and O–H groups in total. The van der Waals surface area contributed by atoms with E-state index in [-0.39, 0.29) is 5.56 Å². The molecule has 0 aromatic heterocycles. The maximum absolute atomic E-state index is 13.4. The van der Waals surface area contributed by atoms with Crippen molar-refractivity contribution in [3.05, 3.63) is 35.4 Å². The van der Waals surface area contributed by atoms with Crippen LogP contribution in [-0.4, -0.2) is 17.3 Å². The van der Waals surface area contributed by atoms with Gasteiger partial charge in [0.15, 0.2) is 0 Å². The first-order valence-corrected chi connectivity index (χ1v) is 6.87. The van der Waals surface area contributed by atoms with Gasteiger partial charge in [0.05, 0.1) is 5.56 Å². The molecule has 2 unspecified atom stereocenters. The molecule has 1 saturated carbocycles. The van der Waals surface area contributed by atoms with E-state index in [9.17, 15) is 13.6 Å². The van der Waals surface area contributed by atoms with E-state index in [0.717, 1.165) is 37.5 Å². The molecule has 1 fully saturated rings. The molecule has 5 heteroatoms. The maximum atomic E-state index is 13.4. The van der Waals surface area contributed by atoms with Gasteiger partial charge in [-0.2, -0.15) is 0 Å². The Bertz CT molecular complexity index is 453. The van der Waals surface area contributed by atoms with E-state index in [1.165, 1.54) is 0 Å². The third-order valence-corrected chi connectivity index (χ3v) is 4.47. The first kappa shape index (κ1) is 13.5. The van der Waals surface area contributed by atoms with E-state index in [1.54, 1.807) is 0 Å². The number of carbonyl (C=O) groups is 1. The second kappa shape index (κ2) is 5.78. The van der Waals surface area contributed by atoms with Crippen LogP contribution in [0.2, 0.25) is 0 Å². The second-order valence-corrected chi connectivity index (χ2v) is 5.72. The predicted octanol–water partition coefficient (Wildman–Crippen LogP) is 3.26. The molecule has 0 heterocycles. The van der Waals surface area contributed by atoms with Crippen LogP contribution in [0.15, 0.2) is 18.2 Å². The molecule has 1 aromatic carbocycles. The molecule has 0 saturated heterocycles. The lowest BCUT2D eigenvalue weighted by molar-refractivity contribution is 0.0943. The quantitative estimate of drug-likeness (QED) is 0.852. The average Bonchev–Trinajstić information content (AvgIpc) is 2.75. The van der Waals surface area contributed by atoms with Gasteiger partial charge in [0.25, 0.3) is 5.91 Å². The summed E-state index contributed by atoms with van der Waals surface area (Å²) in [5.41, 5.74) is -0.237. The Morgan fingerprint density at radius 2 is 2.17 bits per heavy atom. The SMILES string of the molecule is O=C(NCC1CCCC1Br)c1cc(F)ccc1F. The summed E-state index contributed by atoms with van der Waals surface area (Å²) in [7, 11) is 0. The third kappa shape index (κ3) is 3.07. The molecule has 18 heavy (non-hydrogen) atoms. The summed E-state index contributed by atoms with van der Waals surface area (Å²) in [6.45, 7) is 0.491. The van der Waals surface area contributed by atoms with Crippen molar-refractivity contribution in [3.63, 3.8) is 0 Å². The van der Waals surface area contributed by atoms with Gasteiger partial charge in [-0.25, -0.2) is 8.78 Å². The van der Waals surface area contributed by atoms with Crippen LogP contribution in [0.3, 0.4) is 0 Å². The number of hydrogen-bond acceptors (Lipinski definition) is 1. The van der Waals surface area contributed by atoms with Gasteiger partial charge in [0.2, 0.25) is 0 Å². The molecule has 2 nitrogen and oxygen atoms in total. The molecular formula is C13H14BrF2NO. The summed E-state index contributed by atoms with van der Waals surface area (Å²) < 4.78 is 26.3. The number of carbonyl (C=O) groups excluding carboxylic acids is 1. The molecule has 0 bridgehead atoms. The molecule has 98 valence electrons. The highest BCUT2D eigenvalue weighted by Gasteiger charge is 2.25. The zero-order valence-electron chi connectivity index (χ0n) is 9.76.